The van der Waals surface area contributed by atoms with E-state index in [1.165, 1.54) is 49.5 Å². The zero-order valence-electron chi connectivity index (χ0n) is 17.5. The van der Waals surface area contributed by atoms with E-state index in [-0.39, 0.29) is 5.41 Å². The van der Waals surface area contributed by atoms with Crippen LogP contribution in [0.2, 0.25) is 0 Å². The number of benzene rings is 3. The van der Waals surface area contributed by atoms with Crippen LogP contribution in [0.15, 0.2) is 48.7 Å². The number of ether oxygens (including phenoxy) is 1. The lowest BCUT2D eigenvalue weighted by molar-refractivity contribution is -0.659. The maximum atomic E-state index is 6.54. The predicted octanol–water partition coefficient (Wildman–Crippen LogP) is 6.50. The molecule has 140 valence electrons. The van der Waals surface area contributed by atoms with Crippen LogP contribution in [0.25, 0.3) is 32.8 Å². The van der Waals surface area contributed by atoms with E-state index in [9.17, 15) is 0 Å². The Hall–Kier alpha value is -2.87. The first-order valence-electron chi connectivity index (χ1n) is 9.94. The van der Waals surface area contributed by atoms with Gasteiger partial charge >= 0.3 is 0 Å². The lowest BCUT2D eigenvalue weighted by atomic mass is 9.85. The monoisotopic (exact) mass is 368 g/mol. The highest BCUT2D eigenvalue weighted by Crippen LogP contribution is 2.49. The molecule has 0 atom stereocenters. The Morgan fingerprint density at radius 2 is 1.71 bits per heavy atom. The van der Waals surface area contributed by atoms with Crippen LogP contribution >= 0.6 is 0 Å². The third-order valence-electron chi connectivity index (χ3n) is 6.16. The van der Waals surface area contributed by atoms with Gasteiger partial charge in [-0.25, -0.2) is 0 Å². The molecule has 3 aromatic carbocycles. The molecule has 0 N–H and O–H groups in total. The van der Waals surface area contributed by atoms with Gasteiger partial charge < -0.3 is 4.74 Å². The predicted molar refractivity (Wildman–Crippen MR) is 116 cm³/mol. The Bertz CT molecular complexity index is 1290. The summed E-state index contributed by atoms with van der Waals surface area (Å²) in [6.07, 6.45) is 2.24. The fraction of sp³-hybridized carbons (Fsp3) is 0.269. The van der Waals surface area contributed by atoms with Crippen molar-refractivity contribution in [3.63, 3.8) is 0 Å². The number of nitrogens with zero attached hydrogens (tertiary/aromatic N) is 1. The van der Waals surface area contributed by atoms with Gasteiger partial charge in [0.15, 0.2) is 6.20 Å². The van der Waals surface area contributed by atoms with Crippen molar-refractivity contribution < 1.29 is 9.30 Å². The second kappa shape index (κ2) is 5.57. The smallest absolute Gasteiger partial charge is 0.257 e. The summed E-state index contributed by atoms with van der Waals surface area (Å²) in [6.45, 7) is 11.2. The lowest BCUT2D eigenvalue weighted by Crippen LogP contribution is -2.32. The van der Waals surface area contributed by atoms with E-state index in [0.29, 0.717) is 0 Å². The van der Waals surface area contributed by atoms with Gasteiger partial charge in [0.2, 0.25) is 5.75 Å². The van der Waals surface area contributed by atoms with Gasteiger partial charge in [-0.15, -0.1) is 0 Å². The van der Waals surface area contributed by atoms with E-state index >= 15 is 0 Å². The quantitative estimate of drug-likeness (QED) is 0.284. The Balaban J connectivity index is 1.92. The summed E-state index contributed by atoms with van der Waals surface area (Å²) in [5.41, 5.74) is 6.57. The van der Waals surface area contributed by atoms with Crippen LogP contribution in [0.4, 0.5) is 0 Å². The summed E-state index contributed by atoms with van der Waals surface area (Å²) in [6, 6.07) is 15.4. The fourth-order valence-corrected chi connectivity index (χ4v) is 4.45. The first kappa shape index (κ1) is 17.2. The number of pyridine rings is 1. The van der Waals surface area contributed by atoms with Gasteiger partial charge in [-0.1, -0.05) is 45.0 Å². The van der Waals surface area contributed by atoms with Crippen LogP contribution in [0.5, 0.6) is 11.5 Å². The molecule has 1 aliphatic heterocycles. The molecule has 4 aromatic rings. The maximum Gasteiger partial charge on any atom is 0.257 e. The lowest BCUT2D eigenvalue weighted by Gasteiger charge is -2.24. The van der Waals surface area contributed by atoms with Crippen molar-refractivity contribution in [2.75, 3.05) is 0 Å². The van der Waals surface area contributed by atoms with Gasteiger partial charge in [0.1, 0.15) is 12.8 Å². The topological polar surface area (TPSA) is 13.1 Å². The van der Waals surface area contributed by atoms with Crippen LogP contribution in [-0.2, 0) is 12.5 Å². The molecule has 28 heavy (non-hydrogen) atoms. The third kappa shape index (κ3) is 2.30. The molecule has 0 amide bonds. The molecule has 0 saturated heterocycles. The number of aryl methyl sites for hydroxylation is 2. The SMILES string of the molecule is Cc1cc2cccc3c2c(c1C)-c1c(c2ccc(C(C)(C)C)cc2c[n+]1C)O3. The minimum Gasteiger partial charge on any atom is -0.449 e. The second-order valence-corrected chi connectivity index (χ2v) is 9.12. The molecular formula is C26H26NO+. The van der Waals surface area contributed by atoms with Crippen molar-refractivity contribution in [2.24, 2.45) is 7.05 Å². The van der Waals surface area contributed by atoms with Crippen LogP contribution in [0, 0.1) is 13.8 Å². The molecule has 0 unspecified atom stereocenters. The van der Waals surface area contributed by atoms with Crippen molar-refractivity contribution in [1.29, 1.82) is 0 Å². The summed E-state index contributed by atoms with van der Waals surface area (Å²) in [5, 5.41) is 4.85. The highest BCUT2D eigenvalue weighted by atomic mass is 16.5. The number of hydrogen-bond donors (Lipinski definition) is 0. The second-order valence-electron chi connectivity index (χ2n) is 9.12. The fourth-order valence-electron chi connectivity index (χ4n) is 4.45. The number of rotatable bonds is 0. The van der Waals surface area contributed by atoms with E-state index in [1.54, 1.807) is 0 Å². The van der Waals surface area contributed by atoms with E-state index in [2.05, 4.69) is 94.9 Å². The Kier molecular flexibility index (Phi) is 3.43. The largest absolute Gasteiger partial charge is 0.449 e. The van der Waals surface area contributed by atoms with Gasteiger partial charge in [-0.3, -0.25) is 0 Å². The van der Waals surface area contributed by atoms with Gasteiger partial charge in [0, 0.05) is 16.2 Å². The molecule has 0 fully saturated rings. The Morgan fingerprint density at radius 3 is 2.46 bits per heavy atom. The summed E-state index contributed by atoms with van der Waals surface area (Å²) >= 11 is 0. The summed E-state index contributed by atoms with van der Waals surface area (Å²) < 4.78 is 8.78. The average molecular weight is 369 g/mol. The van der Waals surface area contributed by atoms with E-state index < -0.39 is 0 Å². The van der Waals surface area contributed by atoms with Crippen molar-refractivity contribution in [2.45, 2.75) is 40.0 Å². The molecule has 0 saturated carbocycles. The number of hydrogen-bond acceptors (Lipinski definition) is 1. The Labute approximate surface area is 166 Å². The first-order valence-corrected chi connectivity index (χ1v) is 9.94. The number of fused-ring (bicyclic) bond motifs is 4. The molecule has 2 heteroatoms. The average Bonchev–Trinajstić information content (AvgIpc) is 2.64. The zero-order valence-corrected chi connectivity index (χ0v) is 17.5. The van der Waals surface area contributed by atoms with Crippen LogP contribution in [0.3, 0.4) is 0 Å². The molecule has 0 aliphatic carbocycles. The molecule has 0 bridgehead atoms. The van der Waals surface area contributed by atoms with Crippen LogP contribution < -0.4 is 9.30 Å². The number of aromatic nitrogens is 1. The van der Waals surface area contributed by atoms with Crippen LogP contribution in [0.1, 0.15) is 37.5 Å². The normalized spacial score (nSPS) is 12.9. The highest BCUT2D eigenvalue weighted by Gasteiger charge is 2.32. The molecule has 5 rings (SSSR count). The van der Waals surface area contributed by atoms with Crippen molar-refractivity contribution in [3.8, 4) is 22.8 Å². The van der Waals surface area contributed by atoms with E-state index in [0.717, 1.165) is 11.5 Å². The minimum absolute atomic E-state index is 0.120. The zero-order chi connectivity index (χ0) is 19.8. The van der Waals surface area contributed by atoms with E-state index in [4.69, 9.17) is 4.74 Å². The van der Waals surface area contributed by atoms with Crippen molar-refractivity contribution >= 4 is 21.5 Å². The molecule has 1 aliphatic rings. The summed E-state index contributed by atoms with van der Waals surface area (Å²) in [5.74, 6) is 1.92. The standard InChI is InChI=1S/C26H26NO/c1-15-12-17-8-7-9-21-23(17)22(16(15)2)24-25(28-21)20-11-10-19(26(3,4)5)13-18(20)14-27(24)6/h7-14H,1-6H3/q+1. The Morgan fingerprint density at radius 1 is 0.929 bits per heavy atom. The maximum absolute atomic E-state index is 6.54. The van der Waals surface area contributed by atoms with Gasteiger partial charge in [-0.2, -0.15) is 4.57 Å². The molecule has 0 spiro atoms. The minimum atomic E-state index is 0.120. The van der Waals surface area contributed by atoms with Crippen molar-refractivity contribution in [1.82, 2.24) is 0 Å². The highest BCUT2D eigenvalue weighted by molar-refractivity contribution is 6.07. The third-order valence-corrected chi connectivity index (χ3v) is 6.16. The first-order chi connectivity index (χ1) is 13.3. The molecular weight excluding hydrogens is 342 g/mol. The molecule has 0 radical (unpaired) electrons. The van der Waals surface area contributed by atoms with Crippen molar-refractivity contribution in [3.05, 3.63) is 65.4 Å². The van der Waals surface area contributed by atoms with Gasteiger partial charge in [0.05, 0.1) is 5.56 Å². The summed E-state index contributed by atoms with van der Waals surface area (Å²) in [4.78, 5) is 0. The summed E-state index contributed by atoms with van der Waals surface area (Å²) in [7, 11) is 2.13. The molecule has 2 nitrogen and oxygen atoms in total. The van der Waals surface area contributed by atoms with E-state index in [1.807, 2.05) is 0 Å². The van der Waals surface area contributed by atoms with Gasteiger partial charge in [-0.05, 0) is 59.5 Å². The molecule has 1 aromatic heterocycles. The van der Waals surface area contributed by atoms with Gasteiger partial charge in [0.25, 0.3) is 5.69 Å². The van der Waals surface area contributed by atoms with Crippen LogP contribution in [-0.4, -0.2) is 0 Å². The molecule has 2 heterocycles.